The molecule has 0 spiro atoms. The summed E-state index contributed by atoms with van der Waals surface area (Å²) in [6.45, 7) is 9.20. The smallest absolute Gasteiger partial charge is 0.308 e. The van der Waals surface area contributed by atoms with E-state index in [2.05, 4.69) is 27.7 Å². The molecule has 0 heterocycles. The number of rotatable bonds is 17. The normalized spacial score (nSPS) is 14.6. The molecule has 0 rings (SSSR count). The average molecular weight is 371 g/mol. The minimum absolute atomic E-state index is 0.111. The van der Waals surface area contributed by atoms with Crippen LogP contribution in [0.3, 0.4) is 0 Å². The maximum atomic E-state index is 12.7. The molecule has 0 aromatic carbocycles. The zero-order chi connectivity index (χ0) is 19.8. The van der Waals surface area contributed by atoms with Gasteiger partial charge in [-0.2, -0.15) is 0 Å². The summed E-state index contributed by atoms with van der Waals surface area (Å²) in [6.07, 6.45) is 11.2. The second kappa shape index (κ2) is 16.1. The van der Waals surface area contributed by atoms with Gasteiger partial charge in [-0.05, 0) is 37.5 Å². The van der Waals surface area contributed by atoms with Crippen molar-refractivity contribution in [2.45, 2.75) is 105 Å². The Kier molecular flexibility index (Phi) is 15.5. The highest BCUT2D eigenvalue weighted by Crippen LogP contribution is 2.26. The molecule has 3 atom stereocenters. The van der Waals surface area contributed by atoms with Crippen molar-refractivity contribution >= 4 is 11.9 Å². The van der Waals surface area contributed by atoms with Crippen molar-refractivity contribution in [2.75, 3.05) is 6.61 Å². The molecule has 0 aliphatic rings. The fourth-order valence-electron chi connectivity index (χ4n) is 3.43. The number of unbranched alkanes of at least 4 members (excludes halogenated alkanes) is 2. The molecule has 0 aromatic rings. The van der Waals surface area contributed by atoms with Crippen molar-refractivity contribution < 1.29 is 19.4 Å². The Morgan fingerprint density at radius 2 is 1.42 bits per heavy atom. The third kappa shape index (κ3) is 12.3. The highest BCUT2D eigenvalue weighted by atomic mass is 16.5. The molecule has 4 nitrogen and oxygen atoms in total. The predicted molar refractivity (Wildman–Crippen MR) is 107 cm³/mol. The molecule has 0 saturated carbocycles. The van der Waals surface area contributed by atoms with Gasteiger partial charge in [0.25, 0.3) is 0 Å². The summed E-state index contributed by atoms with van der Waals surface area (Å²) in [4.78, 5) is 23.5. The summed E-state index contributed by atoms with van der Waals surface area (Å²) in [5.41, 5.74) is 0. The molecule has 154 valence electrons. The summed E-state index contributed by atoms with van der Waals surface area (Å²) in [5.74, 6) is -0.0825. The molecule has 0 fully saturated rings. The van der Waals surface area contributed by atoms with Gasteiger partial charge in [0.2, 0.25) is 0 Å². The maximum Gasteiger partial charge on any atom is 0.308 e. The van der Waals surface area contributed by atoms with Crippen molar-refractivity contribution in [3.8, 4) is 0 Å². The van der Waals surface area contributed by atoms with Crippen molar-refractivity contribution in [1.82, 2.24) is 0 Å². The van der Waals surface area contributed by atoms with Gasteiger partial charge in [-0.1, -0.05) is 72.6 Å². The predicted octanol–water partition coefficient (Wildman–Crippen LogP) is 6.22. The van der Waals surface area contributed by atoms with Gasteiger partial charge in [-0.15, -0.1) is 0 Å². The van der Waals surface area contributed by atoms with E-state index in [1.54, 1.807) is 0 Å². The lowest BCUT2D eigenvalue weighted by Crippen LogP contribution is -2.24. The van der Waals surface area contributed by atoms with Crippen LogP contribution in [0.5, 0.6) is 0 Å². The van der Waals surface area contributed by atoms with E-state index < -0.39 is 5.97 Å². The zero-order valence-electron chi connectivity index (χ0n) is 17.6. The third-order valence-corrected chi connectivity index (χ3v) is 5.44. The maximum absolute atomic E-state index is 12.7. The number of carbonyl (C=O) groups excluding carboxylic acids is 1. The number of esters is 1. The molecular formula is C22H42O4. The molecule has 1 N–H and O–H groups in total. The number of ether oxygens (including phenoxy) is 1. The van der Waals surface area contributed by atoms with Crippen molar-refractivity contribution in [2.24, 2.45) is 17.8 Å². The van der Waals surface area contributed by atoms with Crippen LogP contribution in [0, 0.1) is 17.8 Å². The Labute approximate surface area is 161 Å². The summed E-state index contributed by atoms with van der Waals surface area (Å²) < 4.78 is 5.68. The third-order valence-electron chi connectivity index (χ3n) is 5.44. The number of hydrogen-bond acceptors (Lipinski definition) is 3. The molecular weight excluding hydrogens is 328 g/mol. The first-order valence-electron chi connectivity index (χ1n) is 10.9. The molecule has 0 saturated heterocycles. The van der Waals surface area contributed by atoms with E-state index in [-0.39, 0.29) is 18.3 Å². The average Bonchev–Trinajstić information content (AvgIpc) is 2.63. The fourth-order valence-corrected chi connectivity index (χ4v) is 3.43. The Balaban J connectivity index is 4.66. The van der Waals surface area contributed by atoms with E-state index in [1.165, 1.54) is 19.3 Å². The van der Waals surface area contributed by atoms with Gasteiger partial charge in [0.05, 0.1) is 12.5 Å². The Morgan fingerprint density at radius 3 is 1.92 bits per heavy atom. The standard InChI is InChI=1S/C22H42O4/c1-5-9-12-18(7-3)16-20(14-11-15-21(23)24)22(25)26-17-19(8-4)13-10-6-2/h18-20H,5-17H2,1-4H3,(H,23,24). The SMILES string of the molecule is CCCCC(CC)COC(=O)C(CCCC(=O)O)CC(CC)CCCC. The van der Waals surface area contributed by atoms with Gasteiger partial charge in [0, 0.05) is 6.42 Å². The fraction of sp³-hybridized carbons (Fsp3) is 0.909. The first-order valence-corrected chi connectivity index (χ1v) is 10.9. The Morgan fingerprint density at radius 1 is 0.846 bits per heavy atom. The van der Waals surface area contributed by atoms with Crippen molar-refractivity contribution in [3.05, 3.63) is 0 Å². The summed E-state index contributed by atoms with van der Waals surface area (Å²) >= 11 is 0. The van der Waals surface area contributed by atoms with Gasteiger partial charge < -0.3 is 9.84 Å². The van der Waals surface area contributed by atoms with E-state index in [0.29, 0.717) is 31.3 Å². The van der Waals surface area contributed by atoms with E-state index in [4.69, 9.17) is 9.84 Å². The van der Waals surface area contributed by atoms with Gasteiger partial charge >= 0.3 is 11.9 Å². The number of carboxylic acid groups (broad SMARTS) is 1. The van der Waals surface area contributed by atoms with Gasteiger partial charge in [0.1, 0.15) is 0 Å². The summed E-state index contributed by atoms with van der Waals surface area (Å²) in [5, 5.41) is 8.88. The molecule has 3 unspecified atom stereocenters. The van der Waals surface area contributed by atoms with Crippen molar-refractivity contribution in [3.63, 3.8) is 0 Å². The van der Waals surface area contributed by atoms with E-state index in [0.717, 1.165) is 38.5 Å². The van der Waals surface area contributed by atoms with Crippen LogP contribution >= 0.6 is 0 Å². The quantitative estimate of drug-likeness (QED) is 0.308. The topological polar surface area (TPSA) is 63.6 Å². The largest absolute Gasteiger partial charge is 0.481 e. The second-order valence-corrected chi connectivity index (χ2v) is 7.68. The van der Waals surface area contributed by atoms with Gasteiger partial charge in [0.15, 0.2) is 0 Å². The minimum Gasteiger partial charge on any atom is -0.481 e. The lowest BCUT2D eigenvalue weighted by atomic mass is 9.86. The zero-order valence-corrected chi connectivity index (χ0v) is 17.6. The van der Waals surface area contributed by atoms with Crippen LogP contribution in [0.2, 0.25) is 0 Å². The van der Waals surface area contributed by atoms with Crippen LogP contribution < -0.4 is 0 Å². The molecule has 0 aromatic heterocycles. The molecule has 0 radical (unpaired) electrons. The van der Waals surface area contributed by atoms with Crippen molar-refractivity contribution in [1.29, 1.82) is 0 Å². The first-order chi connectivity index (χ1) is 12.5. The summed E-state index contributed by atoms with van der Waals surface area (Å²) in [6, 6.07) is 0. The highest BCUT2D eigenvalue weighted by molar-refractivity contribution is 5.72. The molecule has 0 amide bonds. The van der Waals surface area contributed by atoms with Crippen LogP contribution in [0.15, 0.2) is 0 Å². The molecule has 26 heavy (non-hydrogen) atoms. The molecule has 0 aliphatic heterocycles. The van der Waals surface area contributed by atoms with E-state index in [1.807, 2.05) is 0 Å². The van der Waals surface area contributed by atoms with Gasteiger partial charge in [-0.3, -0.25) is 9.59 Å². The minimum atomic E-state index is -0.791. The van der Waals surface area contributed by atoms with E-state index >= 15 is 0 Å². The highest BCUT2D eigenvalue weighted by Gasteiger charge is 2.24. The molecule has 0 bridgehead atoms. The van der Waals surface area contributed by atoms with Crippen LogP contribution in [0.1, 0.15) is 105 Å². The Hall–Kier alpha value is -1.06. The van der Waals surface area contributed by atoms with E-state index in [9.17, 15) is 9.59 Å². The number of carbonyl (C=O) groups is 2. The summed E-state index contributed by atoms with van der Waals surface area (Å²) in [7, 11) is 0. The van der Waals surface area contributed by atoms with Gasteiger partial charge in [-0.25, -0.2) is 0 Å². The van der Waals surface area contributed by atoms with Crippen LogP contribution in [-0.4, -0.2) is 23.7 Å². The first kappa shape index (κ1) is 24.9. The molecule has 4 heteroatoms. The molecule has 0 aliphatic carbocycles. The van der Waals surface area contributed by atoms with Crippen LogP contribution in [0.25, 0.3) is 0 Å². The Bertz CT molecular complexity index is 367. The number of aliphatic carboxylic acids is 1. The number of carboxylic acids is 1. The van der Waals surface area contributed by atoms with Crippen LogP contribution in [0.4, 0.5) is 0 Å². The lowest BCUT2D eigenvalue weighted by Gasteiger charge is -2.23. The number of hydrogen-bond donors (Lipinski definition) is 1. The second-order valence-electron chi connectivity index (χ2n) is 7.68. The monoisotopic (exact) mass is 370 g/mol. The lowest BCUT2D eigenvalue weighted by molar-refractivity contribution is -0.151. The van der Waals surface area contributed by atoms with Crippen LogP contribution in [-0.2, 0) is 14.3 Å².